The van der Waals surface area contributed by atoms with Crippen molar-refractivity contribution >= 4 is 28.3 Å². The van der Waals surface area contributed by atoms with Crippen LogP contribution in [0.15, 0.2) is 16.9 Å². The van der Waals surface area contributed by atoms with E-state index < -0.39 is 0 Å². The van der Waals surface area contributed by atoms with E-state index in [2.05, 4.69) is 23.2 Å². The van der Waals surface area contributed by atoms with Crippen molar-refractivity contribution in [3.05, 3.63) is 22.6 Å². The molecular formula is C23H34N4O2. The summed E-state index contributed by atoms with van der Waals surface area (Å²) in [6.07, 6.45) is 6.54. The predicted octanol–water partition coefficient (Wildman–Crippen LogP) is 4.21. The highest BCUT2D eigenvalue weighted by Crippen LogP contribution is 2.35. The third kappa shape index (κ3) is 3.69. The molecule has 1 N–H and O–H groups in total. The summed E-state index contributed by atoms with van der Waals surface area (Å²) in [5.41, 5.74) is 3.82. The Morgan fingerprint density at radius 3 is 2.17 bits per heavy atom. The van der Waals surface area contributed by atoms with E-state index in [1.54, 1.807) is 0 Å². The van der Waals surface area contributed by atoms with Crippen molar-refractivity contribution in [1.29, 1.82) is 0 Å². The van der Waals surface area contributed by atoms with E-state index in [9.17, 15) is 9.59 Å². The average Bonchev–Trinajstić information content (AvgIpc) is 3.33. The number of nitrogens with one attached hydrogen (secondary N) is 1. The Hall–Kier alpha value is -2.24. The standard InChI is InChI=1S/C23H34N4O2/c1-4-26-20-14-18(24-22(28)17-10-8-16(3)9-11-17)19(25-12-6-7-13-25)15-21(20)27(5-2)23(26)29/h14-17H,4-13H2,1-3H3,(H,24,28). The number of carbonyl (C=O) groups is 1. The summed E-state index contributed by atoms with van der Waals surface area (Å²) >= 11 is 0. The molecule has 2 fully saturated rings. The number of benzene rings is 1. The van der Waals surface area contributed by atoms with Gasteiger partial charge in [-0.25, -0.2) is 4.79 Å². The second kappa shape index (κ2) is 8.25. The molecule has 1 aliphatic carbocycles. The Bertz CT molecular complexity index is 944. The van der Waals surface area contributed by atoms with Crippen LogP contribution in [0.25, 0.3) is 11.0 Å². The number of imidazole rings is 1. The van der Waals surface area contributed by atoms with Gasteiger partial charge in [0.2, 0.25) is 5.91 Å². The number of nitrogens with zero attached hydrogens (tertiary/aromatic N) is 3. The van der Waals surface area contributed by atoms with Crippen LogP contribution in [0.2, 0.25) is 0 Å². The van der Waals surface area contributed by atoms with Crippen LogP contribution in [0, 0.1) is 11.8 Å². The number of carbonyl (C=O) groups excluding carboxylic acids is 1. The summed E-state index contributed by atoms with van der Waals surface area (Å²) in [6.45, 7) is 9.55. The van der Waals surface area contributed by atoms with Gasteiger partial charge in [-0.05, 0) is 70.4 Å². The molecule has 1 aromatic carbocycles. The minimum atomic E-state index is 0.0297. The van der Waals surface area contributed by atoms with Gasteiger partial charge in [0.05, 0.1) is 22.4 Å². The monoisotopic (exact) mass is 398 g/mol. The third-order valence-electron chi connectivity index (χ3n) is 6.86. The molecule has 1 saturated carbocycles. The quantitative estimate of drug-likeness (QED) is 0.821. The molecule has 1 saturated heterocycles. The molecule has 2 heterocycles. The second-order valence-corrected chi connectivity index (χ2v) is 8.77. The lowest BCUT2D eigenvalue weighted by molar-refractivity contribution is -0.121. The molecule has 6 heteroatoms. The van der Waals surface area contributed by atoms with Crippen LogP contribution in [0.4, 0.5) is 11.4 Å². The molecule has 0 bridgehead atoms. The van der Waals surface area contributed by atoms with E-state index in [1.807, 2.05) is 29.0 Å². The van der Waals surface area contributed by atoms with Gasteiger partial charge in [0.1, 0.15) is 0 Å². The topological polar surface area (TPSA) is 59.3 Å². The number of rotatable bonds is 5. The van der Waals surface area contributed by atoms with Crippen molar-refractivity contribution in [1.82, 2.24) is 9.13 Å². The lowest BCUT2D eigenvalue weighted by Crippen LogP contribution is -2.28. The molecule has 4 rings (SSSR count). The molecular weight excluding hydrogens is 364 g/mol. The van der Waals surface area contributed by atoms with Gasteiger partial charge in [-0.1, -0.05) is 6.92 Å². The van der Waals surface area contributed by atoms with Crippen LogP contribution in [0.5, 0.6) is 0 Å². The molecule has 6 nitrogen and oxygen atoms in total. The molecule has 158 valence electrons. The van der Waals surface area contributed by atoms with Gasteiger partial charge in [-0.2, -0.15) is 0 Å². The zero-order valence-electron chi connectivity index (χ0n) is 18.0. The van der Waals surface area contributed by atoms with Gasteiger partial charge in [0.15, 0.2) is 0 Å². The van der Waals surface area contributed by atoms with Crippen LogP contribution < -0.4 is 15.9 Å². The summed E-state index contributed by atoms with van der Waals surface area (Å²) in [5.74, 6) is 0.960. The largest absolute Gasteiger partial charge is 0.370 e. The number of amides is 1. The average molecular weight is 399 g/mol. The van der Waals surface area contributed by atoms with Crippen LogP contribution >= 0.6 is 0 Å². The number of anilines is 2. The molecule has 1 amide bonds. The molecule has 2 aliphatic rings. The van der Waals surface area contributed by atoms with Gasteiger partial charge in [0.25, 0.3) is 0 Å². The zero-order valence-corrected chi connectivity index (χ0v) is 18.0. The van der Waals surface area contributed by atoms with Crippen molar-refractivity contribution in [2.75, 3.05) is 23.3 Å². The van der Waals surface area contributed by atoms with E-state index in [-0.39, 0.29) is 17.5 Å². The summed E-state index contributed by atoms with van der Waals surface area (Å²) in [6, 6.07) is 4.15. The first kappa shape index (κ1) is 20.0. The highest BCUT2D eigenvalue weighted by molar-refractivity contribution is 5.99. The number of fused-ring (bicyclic) bond motifs is 1. The maximum atomic E-state index is 13.1. The Morgan fingerprint density at radius 1 is 1.00 bits per heavy atom. The zero-order chi connectivity index (χ0) is 20.5. The van der Waals surface area contributed by atoms with Crippen molar-refractivity contribution < 1.29 is 4.79 Å². The molecule has 0 radical (unpaired) electrons. The second-order valence-electron chi connectivity index (χ2n) is 8.77. The van der Waals surface area contributed by atoms with E-state index >= 15 is 0 Å². The van der Waals surface area contributed by atoms with Crippen molar-refractivity contribution in [3.8, 4) is 0 Å². The molecule has 0 atom stereocenters. The van der Waals surface area contributed by atoms with Crippen molar-refractivity contribution in [2.45, 2.75) is 72.4 Å². The number of aromatic nitrogens is 2. The fraction of sp³-hybridized carbons (Fsp3) is 0.652. The summed E-state index contributed by atoms with van der Waals surface area (Å²) < 4.78 is 3.65. The highest BCUT2D eigenvalue weighted by Gasteiger charge is 2.27. The summed E-state index contributed by atoms with van der Waals surface area (Å²) in [5, 5.41) is 3.26. The Labute approximate surface area is 172 Å². The van der Waals surface area contributed by atoms with Gasteiger partial charge in [-0.3, -0.25) is 13.9 Å². The van der Waals surface area contributed by atoms with Crippen LogP contribution in [-0.4, -0.2) is 28.1 Å². The molecule has 1 aromatic heterocycles. The molecule has 0 unspecified atom stereocenters. The molecule has 1 aliphatic heterocycles. The number of hydrogen-bond donors (Lipinski definition) is 1. The van der Waals surface area contributed by atoms with Crippen LogP contribution in [0.3, 0.4) is 0 Å². The lowest BCUT2D eigenvalue weighted by atomic mass is 9.82. The third-order valence-corrected chi connectivity index (χ3v) is 6.86. The SMILES string of the molecule is CCn1c(=O)n(CC)c2cc(N3CCCC3)c(NC(=O)C3CCC(C)CC3)cc21. The van der Waals surface area contributed by atoms with Gasteiger partial charge in [0, 0.05) is 32.1 Å². The van der Waals surface area contributed by atoms with E-state index in [0.29, 0.717) is 13.1 Å². The molecule has 0 spiro atoms. The normalized spacial score (nSPS) is 22.4. The van der Waals surface area contributed by atoms with Crippen LogP contribution in [-0.2, 0) is 17.9 Å². The minimum Gasteiger partial charge on any atom is -0.370 e. The number of hydrogen-bond acceptors (Lipinski definition) is 3. The maximum Gasteiger partial charge on any atom is 0.329 e. The van der Waals surface area contributed by atoms with E-state index in [1.165, 1.54) is 12.8 Å². The van der Waals surface area contributed by atoms with E-state index in [4.69, 9.17) is 0 Å². The molecule has 2 aromatic rings. The lowest BCUT2D eigenvalue weighted by Gasteiger charge is -2.27. The Morgan fingerprint density at radius 2 is 1.59 bits per heavy atom. The summed E-state index contributed by atoms with van der Waals surface area (Å²) in [4.78, 5) is 28.2. The first-order chi connectivity index (χ1) is 14.0. The fourth-order valence-corrected chi connectivity index (χ4v) is 5.04. The van der Waals surface area contributed by atoms with Crippen molar-refractivity contribution in [2.24, 2.45) is 11.8 Å². The Balaban J connectivity index is 1.75. The summed E-state index contributed by atoms with van der Waals surface area (Å²) in [7, 11) is 0. The van der Waals surface area contributed by atoms with Gasteiger partial charge < -0.3 is 10.2 Å². The first-order valence-corrected chi connectivity index (χ1v) is 11.4. The van der Waals surface area contributed by atoms with Crippen molar-refractivity contribution in [3.63, 3.8) is 0 Å². The number of aryl methyl sites for hydroxylation is 2. The van der Waals surface area contributed by atoms with Crippen LogP contribution in [0.1, 0.15) is 59.3 Å². The van der Waals surface area contributed by atoms with Gasteiger partial charge >= 0.3 is 5.69 Å². The van der Waals surface area contributed by atoms with E-state index in [0.717, 1.165) is 67.1 Å². The first-order valence-electron chi connectivity index (χ1n) is 11.4. The smallest absolute Gasteiger partial charge is 0.329 e. The molecule has 29 heavy (non-hydrogen) atoms. The predicted molar refractivity (Wildman–Crippen MR) is 119 cm³/mol. The van der Waals surface area contributed by atoms with Gasteiger partial charge in [-0.15, -0.1) is 0 Å². The minimum absolute atomic E-state index is 0.0297. The highest BCUT2D eigenvalue weighted by atomic mass is 16.2. The maximum absolute atomic E-state index is 13.1. The Kier molecular flexibility index (Phi) is 5.70. The fourth-order valence-electron chi connectivity index (χ4n) is 5.04.